The Hall–Kier alpha value is -2.55. The average molecular weight is 458 g/mol. The zero-order valence-corrected chi connectivity index (χ0v) is 17.0. The number of benzene rings is 2. The van der Waals surface area contributed by atoms with E-state index >= 15 is 0 Å². The summed E-state index contributed by atoms with van der Waals surface area (Å²) in [4.78, 5) is 16.8. The summed E-state index contributed by atoms with van der Waals surface area (Å²) in [6, 6.07) is 16.9. The lowest BCUT2D eigenvalue weighted by molar-refractivity contribution is 0.0950. The number of carbonyl (C=O) groups is 1. The Labute approximate surface area is 172 Å². The number of para-hydroxylation sites is 1. The molecule has 0 atom stereocenters. The van der Waals surface area contributed by atoms with Crippen molar-refractivity contribution in [3.05, 3.63) is 71.1 Å². The molecule has 0 aliphatic carbocycles. The normalized spacial score (nSPS) is 10.7. The van der Waals surface area contributed by atoms with Gasteiger partial charge in [-0.25, -0.2) is 4.98 Å². The molecule has 0 fully saturated rings. The number of hydrogen-bond acceptors (Lipinski definition) is 5. The Balaban J connectivity index is 1.61. The highest BCUT2D eigenvalue weighted by atomic mass is 79.9. The summed E-state index contributed by atoms with van der Waals surface area (Å²) in [7, 11) is 0. The molecule has 4 rings (SSSR count). The monoisotopic (exact) mass is 457 g/mol. The van der Waals surface area contributed by atoms with Gasteiger partial charge in [0.2, 0.25) is 0 Å². The molecule has 0 saturated heterocycles. The van der Waals surface area contributed by atoms with E-state index in [-0.39, 0.29) is 10.9 Å². The van der Waals surface area contributed by atoms with Crippen molar-refractivity contribution < 1.29 is 9.21 Å². The van der Waals surface area contributed by atoms with E-state index < -0.39 is 5.91 Å². The first kappa shape index (κ1) is 17.8. The van der Waals surface area contributed by atoms with E-state index in [9.17, 15) is 4.79 Å². The van der Waals surface area contributed by atoms with Gasteiger partial charge in [-0.1, -0.05) is 28.1 Å². The van der Waals surface area contributed by atoms with E-state index in [4.69, 9.17) is 21.6 Å². The molecule has 8 heteroatoms. The van der Waals surface area contributed by atoms with Crippen molar-refractivity contribution in [1.29, 1.82) is 0 Å². The number of hydrogen-bond donors (Lipinski definition) is 2. The van der Waals surface area contributed by atoms with Crippen LogP contribution in [0.15, 0.2) is 69.8 Å². The Bertz CT molecular complexity index is 1110. The summed E-state index contributed by atoms with van der Waals surface area (Å²) in [6.07, 6.45) is 1.44. The van der Waals surface area contributed by atoms with Gasteiger partial charge < -0.3 is 9.73 Å². The molecule has 134 valence electrons. The Morgan fingerprint density at radius 2 is 2.00 bits per heavy atom. The lowest BCUT2D eigenvalue weighted by atomic mass is 10.2. The van der Waals surface area contributed by atoms with E-state index in [2.05, 4.69) is 26.6 Å². The first-order chi connectivity index (χ1) is 13.1. The number of anilines is 1. The minimum Gasteiger partial charge on any atom is -0.459 e. The van der Waals surface area contributed by atoms with Gasteiger partial charge in [-0.2, -0.15) is 0 Å². The lowest BCUT2D eigenvalue weighted by Gasteiger charge is -2.12. The molecule has 2 aromatic heterocycles. The summed E-state index contributed by atoms with van der Waals surface area (Å²) >= 11 is 10.4. The molecule has 2 heterocycles. The number of thiocarbonyl (C=S) groups is 1. The van der Waals surface area contributed by atoms with Crippen molar-refractivity contribution >= 4 is 66.4 Å². The van der Waals surface area contributed by atoms with Crippen molar-refractivity contribution in [2.45, 2.75) is 0 Å². The topological polar surface area (TPSA) is 67.2 Å². The van der Waals surface area contributed by atoms with Crippen molar-refractivity contribution in [1.82, 2.24) is 10.3 Å². The summed E-state index contributed by atoms with van der Waals surface area (Å²) in [5.74, 6) is -0.211. The third-order valence-electron chi connectivity index (χ3n) is 3.73. The Morgan fingerprint density at radius 1 is 1.15 bits per heavy atom. The standard InChI is InChI=1S/C19H12BrN3O2S2/c20-11-7-8-13(22-19(26)23-17(24)15-5-3-9-25-15)12(10-11)18-21-14-4-1-2-6-16(14)27-18/h1-10H,(H2,22,23,24,26). The van der Waals surface area contributed by atoms with Gasteiger partial charge in [-0.3, -0.25) is 10.1 Å². The van der Waals surface area contributed by atoms with Crippen LogP contribution in [0.5, 0.6) is 0 Å². The fourth-order valence-corrected chi connectivity index (χ4v) is 4.08. The van der Waals surface area contributed by atoms with Crippen LogP contribution in [0.2, 0.25) is 0 Å². The summed E-state index contributed by atoms with van der Waals surface area (Å²) in [5, 5.41) is 6.73. The quantitative estimate of drug-likeness (QED) is 0.400. The molecule has 0 spiro atoms. The Kier molecular flexibility index (Phi) is 5.02. The molecule has 4 aromatic rings. The number of amides is 1. The van der Waals surface area contributed by atoms with E-state index in [1.165, 1.54) is 6.26 Å². The molecule has 1 amide bonds. The minimum atomic E-state index is -0.406. The highest BCUT2D eigenvalue weighted by molar-refractivity contribution is 9.10. The van der Waals surface area contributed by atoms with Crippen LogP contribution < -0.4 is 10.6 Å². The maximum Gasteiger partial charge on any atom is 0.293 e. The van der Waals surface area contributed by atoms with Crippen molar-refractivity contribution in [3.8, 4) is 10.6 Å². The van der Waals surface area contributed by atoms with Gasteiger partial charge in [-0.15, -0.1) is 11.3 Å². The lowest BCUT2D eigenvalue weighted by Crippen LogP contribution is -2.34. The average Bonchev–Trinajstić information content (AvgIpc) is 3.32. The number of nitrogens with one attached hydrogen (secondary N) is 2. The predicted molar refractivity (Wildman–Crippen MR) is 115 cm³/mol. The summed E-state index contributed by atoms with van der Waals surface area (Å²) in [6.45, 7) is 0. The Morgan fingerprint density at radius 3 is 2.78 bits per heavy atom. The second kappa shape index (κ2) is 7.59. The van der Waals surface area contributed by atoms with Crippen LogP contribution in [-0.2, 0) is 0 Å². The zero-order valence-electron chi connectivity index (χ0n) is 13.7. The molecule has 2 aromatic carbocycles. The van der Waals surface area contributed by atoms with Gasteiger partial charge in [-0.05, 0) is 54.7 Å². The number of aromatic nitrogens is 1. The van der Waals surface area contributed by atoms with Crippen molar-refractivity contribution in [2.75, 3.05) is 5.32 Å². The highest BCUT2D eigenvalue weighted by Crippen LogP contribution is 2.36. The number of thiazole rings is 1. The molecule has 5 nitrogen and oxygen atoms in total. The summed E-state index contributed by atoms with van der Waals surface area (Å²) in [5.41, 5.74) is 2.58. The number of furan rings is 1. The molecule has 2 N–H and O–H groups in total. The van der Waals surface area contributed by atoms with E-state index in [1.54, 1.807) is 23.5 Å². The number of rotatable bonds is 3. The number of halogens is 1. The molecule has 0 unspecified atom stereocenters. The number of carbonyl (C=O) groups excluding carboxylic acids is 1. The molecule has 0 bridgehead atoms. The minimum absolute atomic E-state index is 0.182. The van der Waals surface area contributed by atoms with E-state index in [0.717, 1.165) is 30.9 Å². The maximum atomic E-state index is 12.1. The fraction of sp³-hybridized carbons (Fsp3) is 0. The van der Waals surface area contributed by atoms with Gasteiger partial charge in [0.25, 0.3) is 5.91 Å². The van der Waals surface area contributed by atoms with Gasteiger partial charge in [0, 0.05) is 10.0 Å². The van der Waals surface area contributed by atoms with Crippen LogP contribution in [0.3, 0.4) is 0 Å². The first-order valence-corrected chi connectivity index (χ1v) is 9.93. The van der Waals surface area contributed by atoms with E-state index in [0.29, 0.717) is 0 Å². The first-order valence-electron chi connectivity index (χ1n) is 7.91. The number of fused-ring (bicyclic) bond motifs is 1. The smallest absolute Gasteiger partial charge is 0.293 e. The van der Waals surface area contributed by atoms with Gasteiger partial charge in [0.1, 0.15) is 5.01 Å². The molecule has 0 saturated carbocycles. The van der Waals surface area contributed by atoms with Crippen LogP contribution in [0.4, 0.5) is 5.69 Å². The molecule has 0 aliphatic heterocycles. The van der Waals surface area contributed by atoms with Crippen LogP contribution in [-0.4, -0.2) is 16.0 Å². The van der Waals surface area contributed by atoms with Crippen LogP contribution in [0.1, 0.15) is 10.6 Å². The third-order valence-corrected chi connectivity index (χ3v) is 5.49. The van der Waals surface area contributed by atoms with Crippen LogP contribution >= 0.6 is 39.5 Å². The second-order valence-electron chi connectivity index (χ2n) is 5.56. The highest BCUT2D eigenvalue weighted by Gasteiger charge is 2.14. The zero-order chi connectivity index (χ0) is 18.8. The SMILES string of the molecule is O=C(NC(=S)Nc1ccc(Br)cc1-c1nc2ccccc2s1)c1ccco1. The third kappa shape index (κ3) is 3.92. The second-order valence-corrected chi connectivity index (χ2v) is 7.92. The fourth-order valence-electron chi connectivity index (χ4n) is 2.52. The predicted octanol–water partition coefficient (Wildman–Crippen LogP) is 5.45. The summed E-state index contributed by atoms with van der Waals surface area (Å²) < 4.78 is 7.10. The van der Waals surface area contributed by atoms with Crippen LogP contribution in [0, 0.1) is 0 Å². The molecular weight excluding hydrogens is 446 g/mol. The molecule has 0 radical (unpaired) electrons. The molecular formula is C19H12BrN3O2S2. The number of nitrogens with zero attached hydrogens (tertiary/aromatic N) is 1. The maximum absolute atomic E-state index is 12.1. The molecule has 27 heavy (non-hydrogen) atoms. The van der Waals surface area contributed by atoms with Crippen LogP contribution in [0.25, 0.3) is 20.8 Å². The largest absolute Gasteiger partial charge is 0.459 e. The van der Waals surface area contributed by atoms with Crippen molar-refractivity contribution in [3.63, 3.8) is 0 Å². The van der Waals surface area contributed by atoms with Gasteiger partial charge >= 0.3 is 0 Å². The molecule has 0 aliphatic rings. The van der Waals surface area contributed by atoms with Gasteiger partial charge in [0.15, 0.2) is 10.9 Å². The van der Waals surface area contributed by atoms with Crippen molar-refractivity contribution in [2.24, 2.45) is 0 Å². The van der Waals surface area contributed by atoms with E-state index in [1.807, 2.05) is 42.5 Å². The van der Waals surface area contributed by atoms with Gasteiger partial charge in [0.05, 0.1) is 22.2 Å².